The van der Waals surface area contributed by atoms with Crippen molar-refractivity contribution in [2.75, 3.05) is 6.54 Å². The van der Waals surface area contributed by atoms with Gasteiger partial charge in [0.2, 0.25) is 0 Å². The molecule has 0 saturated heterocycles. The quantitative estimate of drug-likeness (QED) is 0.838. The summed E-state index contributed by atoms with van der Waals surface area (Å²) in [5.74, 6) is -1.55. The lowest BCUT2D eigenvalue weighted by Gasteiger charge is -2.15. The minimum Gasteiger partial charge on any atom is -0.406 e. The second-order valence-electron chi connectivity index (χ2n) is 3.84. The van der Waals surface area contributed by atoms with Crippen LogP contribution in [0.1, 0.15) is 10.4 Å². The van der Waals surface area contributed by atoms with Crippen LogP contribution in [-0.2, 0) is 0 Å². The first-order valence-corrected chi connectivity index (χ1v) is 5.38. The summed E-state index contributed by atoms with van der Waals surface area (Å²) in [6.07, 6.45) is -12.5. The molecular formula is C11H9F6NO3. The Bertz CT molecular complexity index is 482. The van der Waals surface area contributed by atoms with E-state index in [1.54, 1.807) is 5.32 Å². The Kier molecular flexibility index (Phi) is 5.05. The molecule has 21 heavy (non-hydrogen) atoms. The molecule has 1 unspecified atom stereocenters. The largest absolute Gasteiger partial charge is 0.573 e. The van der Waals surface area contributed by atoms with Crippen molar-refractivity contribution in [1.82, 2.24) is 5.32 Å². The van der Waals surface area contributed by atoms with Gasteiger partial charge in [0, 0.05) is 5.56 Å². The molecule has 2 N–H and O–H groups in total. The Hall–Kier alpha value is -1.97. The van der Waals surface area contributed by atoms with Crippen molar-refractivity contribution in [1.29, 1.82) is 0 Å². The second-order valence-corrected chi connectivity index (χ2v) is 3.84. The van der Waals surface area contributed by atoms with Gasteiger partial charge in [0.15, 0.2) is 6.10 Å². The summed E-state index contributed by atoms with van der Waals surface area (Å²) in [6.45, 7) is -1.07. The fraction of sp³-hybridized carbons (Fsp3) is 0.364. The van der Waals surface area contributed by atoms with E-state index in [-0.39, 0.29) is 5.56 Å². The number of benzene rings is 1. The van der Waals surface area contributed by atoms with E-state index in [0.29, 0.717) is 0 Å². The highest BCUT2D eigenvalue weighted by Crippen LogP contribution is 2.23. The smallest absolute Gasteiger partial charge is 0.406 e. The minimum absolute atomic E-state index is 0.182. The van der Waals surface area contributed by atoms with Crippen LogP contribution in [0.3, 0.4) is 0 Å². The minimum atomic E-state index is -4.89. The summed E-state index contributed by atoms with van der Waals surface area (Å²) in [5.41, 5.74) is -0.182. The molecule has 118 valence electrons. The molecule has 1 aromatic rings. The molecule has 4 nitrogen and oxygen atoms in total. The van der Waals surface area contributed by atoms with Crippen LogP contribution >= 0.6 is 0 Å². The third-order valence-corrected chi connectivity index (χ3v) is 2.18. The molecule has 0 bridgehead atoms. The third kappa shape index (κ3) is 5.90. The van der Waals surface area contributed by atoms with Crippen molar-refractivity contribution in [2.24, 2.45) is 0 Å². The van der Waals surface area contributed by atoms with Crippen LogP contribution < -0.4 is 10.1 Å². The summed E-state index contributed by atoms with van der Waals surface area (Å²) >= 11 is 0. The van der Waals surface area contributed by atoms with E-state index in [9.17, 15) is 31.1 Å². The van der Waals surface area contributed by atoms with Crippen molar-refractivity contribution in [3.05, 3.63) is 29.8 Å². The molecule has 1 amide bonds. The predicted octanol–water partition coefficient (Wildman–Crippen LogP) is 2.24. The number of nitrogens with one attached hydrogen (secondary N) is 1. The number of halogens is 6. The zero-order chi connectivity index (χ0) is 16.3. The first-order valence-electron chi connectivity index (χ1n) is 5.38. The molecule has 10 heteroatoms. The van der Waals surface area contributed by atoms with Gasteiger partial charge in [-0.2, -0.15) is 13.2 Å². The standard InChI is InChI=1S/C11H9F6NO3/c12-10(13,14)8(19)5-18-9(20)6-1-3-7(4-2-6)21-11(15,16)17/h1-4,8,19H,5H2,(H,18,20). The predicted molar refractivity (Wildman–Crippen MR) is 57.5 cm³/mol. The summed E-state index contributed by atoms with van der Waals surface area (Å²) < 4.78 is 75.2. The van der Waals surface area contributed by atoms with E-state index >= 15 is 0 Å². The van der Waals surface area contributed by atoms with Crippen molar-refractivity contribution < 1.29 is 41.0 Å². The third-order valence-electron chi connectivity index (χ3n) is 2.18. The molecule has 0 aliphatic rings. The monoisotopic (exact) mass is 317 g/mol. The van der Waals surface area contributed by atoms with Crippen molar-refractivity contribution in [3.63, 3.8) is 0 Å². The average Bonchev–Trinajstić information content (AvgIpc) is 2.33. The molecule has 0 heterocycles. The van der Waals surface area contributed by atoms with E-state index in [1.807, 2.05) is 0 Å². The van der Waals surface area contributed by atoms with Gasteiger partial charge in [0.25, 0.3) is 5.91 Å². The van der Waals surface area contributed by atoms with Crippen LogP contribution in [0.25, 0.3) is 0 Å². The number of carbonyl (C=O) groups excluding carboxylic acids is 1. The summed E-state index contributed by atoms with van der Waals surface area (Å²) in [5, 5.41) is 10.5. The number of hydrogen-bond donors (Lipinski definition) is 2. The highest BCUT2D eigenvalue weighted by atomic mass is 19.4. The SMILES string of the molecule is O=C(NCC(O)C(F)(F)F)c1ccc(OC(F)(F)F)cc1. The first-order chi connectivity index (χ1) is 9.49. The van der Waals surface area contributed by atoms with E-state index in [2.05, 4.69) is 4.74 Å². The number of amides is 1. The molecule has 0 aliphatic heterocycles. The normalized spacial score (nSPS) is 13.7. The molecule has 1 rings (SSSR count). The van der Waals surface area contributed by atoms with E-state index in [0.717, 1.165) is 24.3 Å². The fourth-order valence-electron chi connectivity index (χ4n) is 1.22. The molecule has 0 spiro atoms. The number of hydrogen-bond acceptors (Lipinski definition) is 3. The maximum Gasteiger partial charge on any atom is 0.573 e. The van der Waals surface area contributed by atoms with Crippen molar-refractivity contribution in [3.8, 4) is 5.75 Å². The molecule has 1 atom stereocenters. The van der Waals surface area contributed by atoms with Gasteiger partial charge >= 0.3 is 12.5 Å². The van der Waals surface area contributed by atoms with Crippen LogP contribution in [0.5, 0.6) is 5.75 Å². The lowest BCUT2D eigenvalue weighted by atomic mass is 10.2. The second kappa shape index (κ2) is 6.20. The Balaban J connectivity index is 2.60. The Morgan fingerprint density at radius 1 is 1.14 bits per heavy atom. The Morgan fingerprint density at radius 3 is 2.10 bits per heavy atom. The van der Waals surface area contributed by atoms with Crippen LogP contribution in [0.2, 0.25) is 0 Å². The zero-order valence-corrected chi connectivity index (χ0v) is 10.1. The average molecular weight is 317 g/mol. The van der Waals surface area contributed by atoms with Crippen molar-refractivity contribution in [2.45, 2.75) is 18.6 Å². The molecule has 0 aromatic heterocycles. The van der Waals surface area contributed by atoms with Gasteiger partial charge in [-0.15, -0.1) is 13.2 Å². The van der Waals surface area contributed by atoms with Crippen molar-refractivity contribution >= 4 is 5.91 Å². The summed E-state index contributed by atoms with van der Waals surface area (Å²) in [7, 11) is 0. The maximum atomic E-state index is 12.0. The number of rotatable bonds is 4. The van der Waals surface area contributed by atoms with E-state index in [1.165, 1.54) is 0 Å². The fourth-order valence-corrected chi connectivity index (χ4v) is 1.22. The van der Waals surface area contributed by atoms with E-state index in [4.69, 9.17) is 5.11 Å². The molecule has 0 aliphatic carbocycles. The van der Waals surface area contributed by atoms with Gasteiger partial charge in [-0.3, -0.25) is 4.79 Å². The highest BCUT2D eigenvalue weighted by Gasteiger charge is 2.38. The van der Waals surface area contributed by atoms with Gasteiger partial charge < -0.3 is 15.2 Å². The van der Waals surface area contributed by atoms with Gasteiger partial charge in [0.05, 0.1) is 6.54 Å². The number of carbonyl (C=O) groups is 1. The molecule has 0 fully saturated rings. The van der Waals surface area contributed by atoms with Gasteiger partial charge in [0.1, 0.15) is 5.75 Å². The molecule has 1 aromatic carbocycles. The number of ether oxygens (including phenoxy) is 1. The topological polar surface area (TPSA) is 58.6 Å². The summed E-state index contributed by atoms with van der Waals surface area (Å²) in [6, 6.07) is 3.55. The lowest BCUT2D eigenvalue weighted by molar-refractivity contribution is -0.274. The Morgan fingerprint density at radius 2 is 1.67 bits per heavy atom. The molecule has 0 saturated carbocycles. The molecular weight excluding hydrogens is 308 g/mol. The van der Waals surface area contributed by atoms with Crippen LogP contribution in [0.15, 0.2) is 24.3 Å². The number of aliphatic hydroxyl groups excluding tert-OH is 1. The highest BCUT2D eigenvalue weighted by molar-refractivity contribution is 5.94. The molecule has 0 radical (unpaired) electrons. The zero-order valence-electron chi connectivity index (χ0n) is 10.1. The summed E-state index contributed by atoms with van der Waals surface area (Å²) in [4.78, 5) is 11.4. The van der Waals surface area contributed by atoms with Gasteiger partial charge in [-0.1, -0.05) is 0 Å². The van der Waals surface area contributed by atoms with Gasteiger partial charge in [-0.05, 0) is 24.3 Å². The maximum absolute atomic E-state index is 12.0. The van der Waals surface area contributed by atoms with Crippen LogP contribution in [-0.4, -0.2) is 36.2 Å². The Labute approximate surface area is 114 Å². The number of alkyl halides is 6. The lowest BCUT2D eigenvalue weighted by Crippen LogP contribution is -2.40. The number of aliphatic hydroxyl groups is 1. The van der Waals surface area contributed by atoms with Crippen LogP contribution in [0, 0.1) is 0 Å². The van der Waals surface area contributed by atoms with Gasteiger partial charge in [-0.25, -0.2) is 0 Å². The van der Waals surface area contributed by atoms with Crippen LogP contribution in [0.4, 0.5) is 26.3 Å². The van der Waals surface area contributed by atoms with E-state index < -0.39 is 36.8 Å². The first kappa shape index (κ1) is 17.1.